The van der Waals surface area contributed by atoms with Crippen LogP contribution in [0, 0.1) is 17.8 Å². The van der Waals surface area contributed by atoms with Crippen molar-refractivity contribution in [1.29, 1.82) is 0 Å². The van der Waals surface area contributed by atoms with E-state index < -0.39 is 249 Å². The third-order valence-corrected chi connectivity index (χ3v) is 15.5. The van der Waals surface area contributed by atoms with Gasteiger partial charge in [-0.1, -0.05) is 41.5 Å². The molecule has 3 aliphatic heterocycles. The molecule has 0 unspecified atom stereocenters. The molecule has 94 heavy (non-hydrogen) atoms. The van der Waals surface area contributed by atoms with Crippen LogP contribution in [0.3, 0.4) is 0 Å². The van der Waals surface area contributed by atoms with Gasteiger partial charge in [-0.25, -0.2) is 4.79 Å². The number of carboxylic acids is 2. The van der Waals surface area contributed by atoms with E-state index >= 15 is 0 Å². The van der Waals surface area contributed by atoms with E-state index in [0.717, 1.165) is 23.6 Å². The Balaban J connectivity index is 2.06. The van der Waals surface area contributed by atoms with Crippen molar-refractivity contribution in [2.24, 2.45) is 23.5 Å². The number of carbonyl (C=O) groups is 17. The Morgan fingerprint density at radius 3 is 1.74 bits per heavy atom. The number of aliphatic carboxylic acids is 2. The van der Waals surface area contributed by atoms with Gasteiger partial charge in [0.1, 0.15) is 78.5 Å². The Hall–Kier alpha value is -9.13. The van der Waals surface area contributed by atoms with Gasteiger partial charge >= 0.3 is 11.9 Å². The number of nitrogens with one attached hydrogen (secondary N) is 12. The Morgan fingerprint density at radius 2 is 1.17 bits per heavy atom. The first-order chi connectivity index (χ1) is 44.0. The number of carboxylic acid groups (broad SMARTS) is 2. The van der Waals surface area contributed by atoms with Gasteiger partial charge in [0.15, 0.2) is 0 Å². The van der Waals surface area contributed by atoms with Gasteiger partial charge in [-0.2, -0.15) is 0 Å². The SMILES string of the molecule is CC(C)C[C@H](NC(=O)[C@@H]1CCCN1C(=O)[C@H](CO)NC(=O)[C@H](C)NC(=O)[C@@H]1CCC(=O)N[C@@H](C(C)C)C(=O)N[C@@H](C(C)C)C(=O)NCC(=O)N[C@@H](CO)C(=O)N2CCC[C@H]2C(=O)N[C@@H](CO)C(=O)N[C@@H](C)C(=O)N[C@@H](CCC(N)=O)C(=O)N[C@@H](CC(=O)O)C(=O)N1)C(=O)O. The second-order valence-corrected chi connectivity index (χ2v) is 24.2. The third kappa shape index (κ3) is 24.1. The van der Waals surface area contributed by atoms with Gasteiger partial charge in [-0.05, 0) is 76.5 Å². The fourth-order valence-electron chi connectivity index (χ4n) is 10.3. The van der Waals surface area contributed by atoms with Crippen LogP contribution in [-0.4, -0.2) is 254 Å². The molecule has 0 aliphatic carbocycles. The van der Waals surface area contributed by atoms with E-state index in [1.165, 1.54) is 27.7 Å². The van der Waals surface area contributed by atoms with Gasteiger partial charge in [0.05, 0.1) is 32.8 Å². The topological polar surface area (TPSA) is 568 Å². The highest BCUT2D eigenvalue weighted by Gasteiger charge is 2.42. The molecule has 526 valence electrons. The second-order valence-electron chi connectivity index (χ2n) is 24.2. The number of amides is 15. The molecule has 37 nitrogen and oxygen atoms in total. The number of carbonyl (C=O) groups excluding carboxylic acids is 15. The number of likely N-dealkylation sites (tertiary alicyclic amines) is 1. The molecule has 3 aliphatic rings. The average Bonchev–Trinajstić information content (AvgIpc) is 1.78. The van der Waals surface area contributed by atoms with Crippen molar-refractivity contribution in [2.45, 2.75) is 198 Å². The van der Waals surface area contributed by atoms with Crippen molar-refractivity contribution >= 4 is 101 Å². The first-order valence-corrected chi connectivity index (χ1v) is 30.8. The summed E-state index contributed by atoms with van der Waals surface area (Å²) < 4.78 is 0. The fourth-order valence-corrected chi connectivity index (χ4v) is 10.3. The Morgan fingerprint density at radius 1 is 0.585 bits per heavy atom. The van der Waals surface area contributed by atoms with E-state index in [0.29, 0.717) is 0 Å². The molecular formula is C57H91N15O22. The molecule has 15 amide bonds. The first kappa shape index (κ1) is 79.1. The van der Waals surface area contributed by atoms with Crippen LogP contribution < -0.4 is 69.5 Å². The smallest absolute Gasteiger partial charge is 0.326 e. The normalized spacial score (nSPS) is 25.8. The second kappa shape index (κ2) is 37.5. The zero-order valence-corrected chi connectivity index (χ0v) is 53.7. The Kier molecular flexibility index (Phi) is 31.6. The van der Waals surface area contributed by atoms with Crippen molar-refractivity contribution in [3.05, 3.63) is 0 Å². The maximum Gasteiger partial charge on any atom is 0.326 e. The first-order valence-electron chi connectivity index (χ1n) is 30.8. The highest BCUT2D eigenvalue weighted by molar-refractivity contribution is 6.01. The molecule has 0 aromatic heterocycles. The lowest BCUT2D eigenvalue weighted by atomic mass is 9.99. The zero-order valence-electron chi connectivity index (χ0n) is 53.7. The van der Waals surface area contributed by atoms with Crippen LogP contribution in [0.4, 0.5) is 0 Å². The number of nitrogens with zero attached hydrogens (tertiary/aromatic N) is 2. The summed E-state index contributed by atoms with van der Waals surface area (Å²) in [5.41, 5.74) is 5.34. The van der Waals surface area contributed by atoms with Crippen LogP contribution in [-0.2, 0) is 81.5 Å². The molecule has 13 atom stereocenters. The molecule has 3 saturated heterocycles. The van der Waals surface area contributed by atoms with Gasteiger partial charge in [-0.15, -0.1) is 0 Å². The highest BCUT2D eigenvalue weighted by Crippen LogP contribution is 2.21. The summed E-state index contributed by atoms with van der Waals surface area (Å²) in [4.78, 5) is 231. The maximum absolute atomic E-state index is 14.3. The maximum atomic E-state index is 14.3. The van der Waals surface area contributed by atoms with E-state index in [1.54, 1.807) is 13.8 Å². The molecule has 3 heterocycles. The minimum atomic E-state index is -2.17. The predicted molar refractivity (Wildman–Crippen MR) is 323 cm³/mol. The number of primary amides is 1. The minimum Gasteiger partial charge on any atom is -0.481 e. The molecule has 0 bridgehead atoms. The summed E-state index contributed by atoms with van der Waals surface area (Å²) in [6.07, 6.45) is -3.33. The molecule has 0 aromatic carbocycles. The monoisotopic (exact) mass is 1340 g/mol. The van der Waals surface area contributed by atoms with Crippen molar-refractivity contribution in [3.8, 4) is 0 Å². The number of nitrogens with two attached hydrogens (primary N) is 1. The molecule has 0 spiro atoms. The van der Waals surface area contributed by atoms with E-state index in [1.807, 2.05) is 0 Å². The van der Waals surface area contributed by atoms with Crippen molar-refractivity contribution in [2.75, 3.05) is 39.5 Å². The van der Waals surface area contributed by atoms with Gasteiger partial charge < -0.3 is 105 Å². The van der Waals surface area contributed by atoms with E-state index in [-0.39, 0.29) is 51.1 Å². The van der Waals surface area contributed by atoms with Crippen LogP contribution in [0.2, 0.25) is 0 Å². The fraction of sp³-hybridized carbons (Fsp3) is 0.702. The van der Waals surface area contributed by atoms with Crippen molar-refractivity contribution < 1.29 is 107 Å². The molecular weight excluding hydrogens is 1250 g/mol. The summed E-state index contributed by atoms with van der Waals surface area (Å²) in [6.45, 7) is 7.71. The third-order valence-electron chi connectivity index (χ3n) is 15.5. The molecule has 37 heteroatoms. The number of rotatable bonds is 20. The van der Waals surface area contributed by atoms with Gasteiger partial charge in [0, 0.05) is 25.9 Å². The van der Waals surface area contributed by atoms with Crippen LogP contribution in [0.5, 0.6) is 0 Å². The summed E-state index contributed by atoms with van der Waals surface area (Å²) in [6, 6.07) is -21.2. The molecule has 0 saturated carbocycles. The van der Waals surface area contributed by atoms with Crippen LogP contribution in [0.1, 0.15) is 120 Å². The number of aliphatic hydroxyl groups excluding tert-OH is 3. The summed E-state index contributed by atoms with van der Waals surface area (Å²) in [5, 5.41) is 78.1. The number of hydrogen-bond acceptors (Lipinski definition) is 20. The summed E-state index contributed by atoms with van der Waals surface area (Å²) in [5.74, 6) is -20.7. The molecule has 3 fully saturated rings. The average molecular weight is 1340 g/mol. The lowest BCUT2D eigenvalue weighted by molar-refractivity contribution is -0.145. The minimum absolute atomic E-state index is 0.00638. The summed E-state index contributed by atoms with van der Waals surface area (Å²) in [7, 11) is 0. The van der Waals surface area contributed by atoms with Crippen LogP contribution in [0.25, 0.3) is 0 Å². The van der Waals surface area contributed by atoms with E-state index in [9.17, 15) is 107 Å². The summed E-state index contributed by atoms with van der Waals surface area (Å²) >= 11 is 0. The molecule has 0 aromatic rings. The number of hydrogen-bond donors (Lipinski definition) is 18. The predicted octanol–water partition coefficient (Wildman–Crippen LogP) is -8.59. The Labute approximate surface area is 540 Å². The molecule has 19 N–H and O–H groups in total. The van der Waals surface area contributed by atoms with Crippen LogP contribution in [0.15, 0.2) is 0 Å². The van der Waals surface area contributed by atoms with Crippen molar-refractivity contribution in [1.82, 2.24) is 73.6 Å². The lowest BCUT2D eigenvalue weighted by Gasteiger charge is -2.30. The van der Waals surface area contributed by atoms with Gasteiger partial charge in [-0.3, -0.25) is 76.7 Å². The Bertz CT molecular complexity index is 2820. The molecule has 0 radical (unpaired) electrons. The number of aliphatic hydroxyl groups is 3. The van der Waals surface area contributed by atoms with Gasteiger partial charge in [0.2, 0.25) is 88.6 Å². The van der Waals surface area contributed by atoms with E-state index in [4.69, 9.17) is 5.73 Å². The quantitative estimate of drug-likeness (QED) is 0.0538. The zero-order chi connectivity index (χ0) is 71.0. The van der Waals surface area contributed by atoms with Gasteiger partial charge in [0.25, 0.3) is 0 Å². The van der Waals surface area contributed by atoms with E-state index in [2.05, 4.69) is 63.8 Å². The highest BCUT2D eigenvalue weighted by atomic mass is 16.4. The standard InChI is InChI=1S/C57H91N15O22/c1-25(2)19-33(57(93)94)66-51(87)37-11-9-18-72(37)56(92)36(24-75)68-46(82)29(8)60-47(83)31-14-16-40(77)69-44(27(5)6)54(90)70-43(26(3)4)53(89)59-21-41(78)62-35(23-74)55(91)71-17-10-12-38(71)52(88)67-34(22-73)50(86)61-28(7)45(81)63-30(13-15-39(58)76)48(84)65-32(20-42(79)80)49(85)64-31/h25-38,43-44,73-75H,9-24H2,1-8H3,(H2,58,76)(H,59,89)(H,60,83)(H,61,86)(H,62,78)(H,63,81)(H,64,85)(H,65,84)(H,66,87)(H,67,88)(H,68,82)(H,69,77)(H,70,90)(H,79,80)(H,93,94)/t28-,29-,30-,31-,32-,33-,34-,35-,36-,37-,38-,43-,44-/m0/s1. The van der Waals surface area contributed by atoms with Crippen LogP contribution >= 0.6 is 0 Å². The molecule has 3 rings (SSSR count). The largest absolute Gasteiger partial charge is 0.481 e. The number of fused-ring (bicyclic) bond motifs is 1. The lowest BCUT2D eigenvalue weighted by Crippen LogP contribution is -2.61. The van der Waals surface area contributed by atoms with Crippen molar-refractivity contribution in [3.63, 3.8) is 0 Å².